The van der Waals surface area contributed by atoms with E-state index < -0.39 is 5.41 Å². The minimum atomic E-state index is -1.19. The smallest absolute Gasteiger partial charge is 0.0970 e. The Morgan fingerprint density at radius 2 is 1.20 bits per heavy atom. The van der Waals surface area contributed by atoms with Crippen LogP contribution in [0.25, 0.3) is 0 Å². The van der Waals surface area contributed by atoms with Crippen LogP contribution in [-0.4, -0.2) is 15.7 Å². The van der Waals surface area contributed by atoms with Crippen molar-refractivity contribution < 1.29 is 0 Å². The lowest BCUT2D eigenvalue weighted by Crippen LogP contribution is -2.58. The quantitative estimate of drug-likeness (QED) is 0.229. The second-order valence-electron chi connectivity index (χ2n) is 0.933. The van der Waals surface area contributed by atoms with Gasteiger partial charge >= 0.3 is 0 Å². The predicted octanol–water partition coefficient (Wildman–Crippen LogP) is -2.36. The van der Waals surface area contributed by atoms with E-state index in [0.29, 0.717) is 0 Å². The lowest BCUT2D eigenvalue weighted by atomic mass is 11.0. The van der Waals surface area contributed by atoms with Crippen molar-refractivity contribution in [3.8, 4) is 0 Å². The topological polar surface area (TPSA) is 78.1 Å². The molecule has 29 valence electrons. The molecule has 0 rings (SSSR count). The van der Waals surface area contributed by atoms with Crippen molar-refractivity contribution in [2.24, 2.45) is 17.2 Å². The van der Waals surface area contributed by atoms with Crippen LogP contribution < -0.4 is 17.2 Å². The van der Waals surface area contributed by atoms with Crippen molar-refractivity contribution in [2.75, 3.05) is 0 Å². The first-order chi connectivity index (χ1) is 2.00. The Hall–Kier alpha value is 0.0969. The number of hydrogen-bond donors (Lipinski definition) is 3. The first kappa shape index (κ1) is 5.10. The number of rotatable bonds is 0. The van der Waals surface area contributed by atoms with Crippen molar-refractivity contribution >= 4 is 10.2 Å². The standard InChI is InChI=1S/CH6N3Si/c2-1(3,4)5/h2-4H2. The van der Waals surface area contributed by atoms with Crippen LogP contribution in [0.15, 0.2) is 0 Å². The molecule has 3 radical (unpaired) electrons. The van der Waals surface area contributed by atoms with Gasteiger partial charge in [-0.25, -0.2) is 0 Å². The third kappa shape index (κ3) is 1920. The summed E-state index contributed by atoms with van der Waals surface area (Å²) in [7, 11) is 2.75. The van der Waals surface area contributed by atoms with Crippen molar-refractivity contribution in [1.29, 1.82) is 0 Å². The summed E-state index contributed by atoms with van der Waals surface area (Å²) < 4.78 is 0. The Balaban J connectivity index is 3.02. The van der Waals surface area contributed by atoms with Crippen LogP contribution in [0.4, 0.5) is 0 Å². The molecule has 0 aliphatic heterocycles. The molecule has 3 nitrogen and oxygen atoms in total. The minimum absolute atomic E-state index is 1.19. The van der Waals surface area contributed by atoms with E-state index in [2.05, 4.69) is 10.2 Å². The molecule has 0 heterocycles. The maximum Gasteiger partial charge on any atom is 0.0970 e. The first-order valence-electron chi connectivity index (χ1n) is 1.12. The van der Waals surface area contributed by atoms with Gasteiger partial charge in [0.15, 0.2) is 0 Å². The van der Waals surface area contributed by atoms with Crippen LogP contribution in [0.2, 0.25) is 0 Å². The Morgan fingerprint density at radius 1 is 1.20 bits per heavy atom. The molecule has 0 fully saturated rings. The van der Waals surface area contributed by atoms with Gasteiger partial charge in [0.25, 0.3) is 0 Å². The SMILES string of the molecule is NC(N)(N)[Si]. The van der Waals surface area contributed by atoms with Gasteiger partial charge in [0.1, 0.15) is 0 Å². The summed E-state index contributed by atoms with van der Waals surface area (Å²) in [4.78, 5) is 0. The van der Waals surface area contributed by atoms with Crippen molar-refractivity contribution in [1.82, 2.24) is 0 Å². The maximum atomic E-state index is 4.82. The van der Waals surface area contributed by atoms with E-state index in [1.165, 1.54) is 0 Å². The zero-order valence-electron chi connectivity index (χ0n) is 2.73. The van der Waals surface area contributed by atoms with E-state index in [9.17, 15) is 0 Å². The lowest BCUT2D eigenvalue weighted by molar-refractivity contribution is 0.662. The molecule has 0 aliphatic rings. The van der Waals surface area contributed by atoms with Crippen LogP contribution in [0.3, 0.4) is 0 Å². The van der Waals surface area contributed by atoms with Crippen LogP contribution in [0.5, 0.6) is 0 Å². The molecular weight excluding hydrogens is 82.1 g/mol. The van der Waals surface area contributed by atoms with Gasteiger partial charge in [-0.3, -0.25) is 0 Å². The molecule has 0 saturated heterocycles. The molecule has 0 atom stereocenters. The van der Waals surface area contributed by atoms with Crippen LogP contribution >= 0.6 is 0 Å². The average molecular weight is 88.2 g/mol. The molecule has 0 aromatic rings. The van der Waals surface area contributed by atoms with Crippen LogP contribution in [-0.2, 0) is 0 Å². The molecule has 6 N–H and O–H groups in total. The Labute approximate surface area is 33.9 Å². The molecule has 0 aromatic heterocycles. The van der Waals surface area contributed by atoms with Crippen LogP contribution in [0.1, 0.15) is 0 Å². The fourth-order valence-electron chi connectivity index (χ4n) is 0. The normalized spacial score (nSPS) is 12.0. The van der Waals surface area contributed by atoms with E-state index in [1.807, 2.05) is 0 Å². The van der Waals surface area contributed by atoms with Gasteiger partial charge in [0.2, 0.25) is 0 Å². The largest absolute Gasteiger partial charge is 0.305 e. The monoisotopic (exact) mass is 88.0 g/mol. The van der Waals surface area contributed by atoms with E-state index >= 15 is 0 Å². The minimum Gasteiger partial charge on any atom is -0.305 e. The summed E-state index contributed by atoms with van der Waals surface area (Å²) in [5.74, 6) is 0. The van der Waals surface area contributed by atoms with Crippen LogP contribution in [0, 0.1) is 0 Å². The van der Waals surface area contributed by atoms with Gasteiger partial charge in [0.05, 0.1) is 15.7 Å². The average Bonchev–Trinajstić information content (AvgIpc) is 0.722. The highest BCUT2D eigenvalue weighted by Gasteiger charge is 1.96. The van der Waals surface area contributed by atoms with E-state index in [-0.39, 0.29) is 0 Å². The van der Waals surface area contributed by atoms with Gasteiger partial charge in [-0.15, -0.1) is 0 Å². The lowest BCUT2D eigenvalue weighted by Gasteiger charge is -2.07. The van der Waals surface area contributed by atoms with E-state index in [4.69, 9.17) is 17.2 Å². The molecular formula is CH6N3Si. The molecule has 0 saturated carbocycles. The Kier molecular flexibility index (Phi) is 1.08. The highest BCUT2D eigenvalue weighted by molar-refractivity contribution is 6.13. The second kappa shape index (κ2) is 1.06. The highest BCUT2D eigenvalue weighted by atomic mass is 28.1. The molecule has 0 spiro atoms. The first-order valence-corrected chi connectivity index (χ1v) is 1.62. The zero-order chi connectivity index (χ0) is 4.50. The van der Waals surface area contributed by atoms with E-state index in [1.54, 1.807) is 0 Å². The van der Waals surface area contributed by atoms with Crippen molar-refractivity contribution in [3.05, 3.63) is 0 Å². The Bertz CT molecular complexity index is 22.4. The fourth-order valence-corrected chi connectivity index (χ4v) is 0. The summed E-state index contributed by atoms with van der Waals surface area (Å²) in [5.41, 5.74) is 13.3. The zero-order valence-corrected chi connectivity index (χ0v) is 3.73. The highest BCUT2D eigenvalue weighted by Crippen LogP contribution is 1.51. The number of nitrogens with two attached hydrogens (primary N) is 3. The summed E-state index contributed by atoms with van der Waals surface area (Å²) in [6.07, 6.45) is 0. The van der Waals surface area contributed by atoms with Crippen molar-refractivity contribution in [2.45, 2.75) is 5.41 Å². The summed E-state index contributed by atoms with van der Waals surface area (Å²) >= 11 is 0. The van der Waals surface area contributed by atoms with Gasteiger partial charge in [0, 0.05) is 0 Å². The fraction of sp³-hybridized carbons (Fsp3) is 1.00. The van der Waals surface area contributed by atoms with Gasteiger partial charge in [-0.2, -0.15) is 0 Å². The molecule has 0 unspecified atom stereocenters. The molecule has 0 amide bonds. The van der Waals surface area contributed by atoms with Gasteiger partial charge in [-0.05, 0) is 0 Å². The second-order valence-corrected chi connectivity index (χ2v) is 1.80. The summed E-state index contributed by atoms with van der Waals surface area (Å²) in [6, 6.07) is 0. The molecule has 0 bridgehead atoms. The Morgan fingerprint density at radius 3 is 1.20 bits per heavy atom. The predicted molar refractivity (Wildman–Crippen MR) is 21.0 cm³/mol. The molecule has 4 heteroatoms. The van der Waals surface area contributed by atoms with Crippen molar-refractivity contribution in [3.63, 3.8) is 0 Å². The molecule has 0 aromatic carbocycles. The van der Waals surface area contributed by atoms with Gasteiger partial charge in [-0.1, -0.05) is 0 Å². The summed E-state index contributed by atoms with van der Waals surface area (Å²) in [5, 5.41) is 0. The third-order valence-electron chi connectivity index (χ3n) is 0. The molecule has 5 heavy (non-hydrogen) atoms. The van der Waals surface area contributed by atoms with E-state index in [0.717, 1.165) is 0 Å². The molecule has 0 aliphatic carbocycles. The maximum absolute atomic E-state index is 4.82. The summed E-state index contributed by atoms with van der Waals surface area (Å²) in [6.45, 7) is 0. The number of hydrogen-bond acceptors (Lipinski definition) is 3. The van der Waals surface area contributed by atoms with Gasteiger partial charge < -0.3 is 17.2 Å². The third-order valence-corrected chi connectivity index (χ3v) is 0.